The summed E-state index contributed by atoms with van der Waals surface area (Å²) < 4.78 is 0. The third-order valence-electron chi connectivity index (χ3n) is 4.54. The van der Waals surface area contributed by atoms with Gasteiger partial charge < -0.3 is 10.2 Å². The Hall–Kier alpha value is -1.42. The molecule has 1 aliphatic rings. The fourth-order valence-corrected chi connectivity index (χ4v) is 3.07. The molecule has 24 heavy (non-hydrogen) atoms. The molecule has 0 radical (unpaired) electrons. The number of carbonyl (C=O) groups excluding carboxylic acids is 1. The zero-order valence-corrected chi connectivity index (χ0v) is 14.9. The molecule has 2 N–H and O–H groups in total. The molecule has 0 saturated heterocycles. The Morgan fingerprint density at radius 3 is 2.58 bits per heavy atom. The van der Waals surface area contributed by atoms with Gasteiger partial charge in [0, 0.05) is 12.8 Å². The first-order chi connectivity index (χ1) is 11.5. The molecule has 0 amide bonds. The van der Waals surface area contributed by atoms with Gasteiger partial charge in [-0.25, -0.2) is 0 Å². The second kappa shape index (κ2) is 12.0. The molecule has 0 bridgehead atoms. The summed E-state index contributed by atoms with van der Waals surface area (Å²) in [5.74, 6) is -0.505. The zero-order valence-electron chi connectivity index (χ0n) is 14.9. The van der Waals surface area contributed by atoms with Gasteiger partial charge in [-0.05, 0) is 43.3 Å². The largest absolute Gasteiger partial charge is 0.481 e. The van der Waals surface area contributed by atoms with Crippen molar-refractivity contribution in [2.24, 2.45) is 0 Å². The number of Topliss-reactive ketones (excluding diaryl/α,β-unsaturated/α-hetero) is 1. The number of carboxylic acid groups (broad SMARTS) is 1. The van der Waals surface area contributed by atoms with Crippen LogP contribution in [0.15, 0.2) is 23.3 Å². The molecule has 0 saturated carbocycles. The van der Waals surface area contributed by atoms with Gasteiger partial charge in [-0.2, -0.15) is 0 Å². The second-order valence-corrected chi connectivity index (χ2v) is 6.66. The van der Waals surface area contributed by atoms with Crippen LogP contribution in [0.1, 0.15) is 84.0 Å². The summed E-state index contributed by atoms with van der Waals surface area (Å²) in [4.78, 5) is 22.5. The molecule has 0 heterocycles. The monoisotopic (exact) mass is 336 g/mol. The molecule has 1 aliphatic carbocycles. The van der Waals surface area contributed by atoms with Gasteiger partial charge in [-0.15, -0.1) is 0 Å². The lowest BCUT2D eigenvalue weighted by atomic mass is 10.0. The topological polar surface area (TPSA) is 74.6 Å². The highest BCUT2D eigenvalue weighted by molar-refractivity contribution is 5.99. The van der Waals surface area contributed by atoms with Gasteiger partial charge in [0.25, 0.3) is 0 Å². The van der Waals surface area contributed by atoms with Crippen molar-refractivity contribution in [2.45, 2.75) is 90.1 Å². The summed E-state index contributed by atoms with van der Waals surface area (Å²) in [5, 5.41) is 18.6. The van der Waals surface area contributed by atoms with Gasteiger partial charge in [-0.1, -0.05) is 51.2 Å². The molecule has 0 aromatic heterocycles. The summed E-state index contributed by atoms with van der Waals surface area (Å²) in [7, 11) is 0. The van der Waals surface area contributed by atoms with Gasteiger partial charge in [0.05, 0.1) is 6.10 Å². The number of hydrogen-bond acceptors (Lipinski definition) is 3. The van der Waals surface area contributed by atoms with Crippen LogP contribution in [0.3, 0.4) is 0 Å². The lowest BCUT2D eigenvalue weighted by Crippen LogP contribution is -2.02. The normalized spacial score (nSPS) is 16.3. The van der Waals surface area contributed by atoms with Gasteiger partial charge in [0.15, 0.2) is 5.78 Å². The average molecular weight is 336 g/mol. The van der Waals surface area contributed by atoms with Crippen LogP contribution in [0.4, 0.5) is 0 Å². The SMILES string of the molecule is CCCCC[C@H](O)/C=C/C1=C(CCCCCCC(=O)O)C(=O)CC1. The molecule has 4 nitrogen and oxygen atoms in total. The highest BCUT2D eigenvalue weighted by Crippen LogP contribution is 2.28. The molecule has 0 aliphatic heterocycles. The third-order valence-corrected chi connectivity index (χ3v) is 4.54. The van der Waals surface area contributed by atoms with Crippen LogP contribution in [0, 0.1) is 0 Å². The standard InChI is InChI=1S/C20H32O4/c1-2-3-6-9-17(21)14-12-16-13-15-19(22)18(16)10-7-4-5-8-11-20(23)24/h12,14,17,21H,2-11,13,15H2,1H3,(H,23,24)/b14-12+/t17-/m0/s1. The Morgan fingerprint density at radius 2 is 1.88 bits per heavy atom. The minimum Gasteiger partial charge on any atom is -0.481 e. The van der Waals surface area contributed by atoms with Crippen LogP contribution in [0.5, 0.6) is 0 Å². The minimum absolute atomic E-state index is 0.228. The van der Waals surface area contributed by atoms with Crippen LogP contribution >= 0.6 is 0 Å². The number of aliphatic hydroxyl groups is 1. The maximum Gasteiger partial charge on any atom is 0.303 e. The van der Waals surface area contributed by atoms with Crippen molar-refractivity contribution in [2.75, 3.05) is 0 Å². The van der Waals surface area contributed by atoms with Gasteiger partial charge in [-0.3, -0.25) is 9.59 Å². The van der Waals surface area contributed by atoms with Crippen molar-refractivity contribution >= 4 is 11.8 Å². The second-order valence-electron chi connectivity index (χ2n) is 6.66. The first kappa shape index (κ1) is 20.6. The van der Waals surface area contributed by atoms with E-state index in [4.69, 9.17) is 5.11 Å². The van der Waals surface area contributed by atoms with E-state index >= 15 is 0 Å². The van der Waals surface area contributed by atoms with E-state index in [0.29, 0.717) is 12.8 Å². The molecule has 1 atom stereocenters. The lowest BCUT2D eigenvalue weighted by Gasteiger charge is -2.06. The van der Waals surface area contributed by atoms with Crippen LogP contribution in [-0.2, 0) is 9.59 Å². The van der Waals surface area contributed by atoms with Crippen LogP contribution in [-0.4, -0.2) is 28.1 Å². The van der Waals surface area contributed by atoms with E-state index in [-0.39, 0.29) is 12.2 Å². The smallest absolute Gasteiger partial charge is 0.303 e. The Bertz CT molecular complexity index is 462. The number of carbonyl (C=O) groups is 2. The molecular weight excluding hydrogens is 304 g/mol. The molecule has 136 valence electrons. The average Bonchev–Trinajstić information content (AvgIpc) is 2.89. The van der Waals surface area contributed by atoms with E-state index in [1.165, 1.54) is 0 Å². The number of carboxylic acids is 1. The fourth-order valence-electron chi connectivity index (χ4n) is 3.07. The van der Waals surface area contributed by atoms with Crippen LogP contribution in [0.25, 0.3) is 0 Å². The third kappa shape index (κ3) is 8.44. The van der Waals surface area contributed by atoms with Gasteiger partial charge in [0.2, 0.25) is 0 Å². The molecular formula is C20H32O4. The van der Waals surface area contributed by atoms with E-state index in [9.17, 15) is 14.7 Å². The quantitative estimate of drug-likeness (QED) is 0.483. The maximum atomic E-state index is 12.0. The van der Waals surface area contributed by atoms with Crippen molar-refractivity contribution in [1.82, 2.24) is 0 Å². The molecule has 0 fully saturated rings. The first-order valence-corrected chi connectivity index (χ1v) is 9.37. The van der Waals surface area contributed by atoms with Crippen LogP contribution in [0.2, 0.25) is 0 Å². The summed E-state index contributed by atoms with van der Waals surface area (Å²) in [5.41, 5.74) is 2.00. The number of unbranched alkanes of at least 4 members (excludes halogenated alkanes) is 5. The van der Waals surface area contributed by atoms with E-state index in [2.05, 4.69) is 6.92 Å². The van der Waals surface area contributed by atoms with E-state index in [0.717, 1.165) is 68.9 Å². The predicted octanol–water partition coefficient (Wildman–Crippen LogP) is 4.57. The van der Waals surface area contributed by atoms with E-state index < -0.39 is 12.1 Å². The Kier molecular flexibility index (Phi) is 10.3. The van der Waals surface area contributed by atoms with E-state index in [1.54, 1.807) is 0 Å². The number of ketones is 1. The van der Waals surface area contributed by atoms with Crippen molar-refractivity contribution in [3.63, 3.8) is 0 Å². The first-order valence-electron chi connectivity index (χ1n) is 9.37. The summed E-state index contributed by atoms with van der Waals surface area (Å²) >= 11 is 0. The summed E-state index contributed by atoms with van der Waals surface area (Å²) in [6.45, 7) is 2.14. The lowest BCUT2D eigenvalue weighted by molar-refractivity contribution is -0.137. The van der Waals surface area contributed by atoms with Crippen molar-refractivity contribution in [3.05, 3.63) is 23.3 Å². The Balaban J connectivity index is 2.39. The molecule has 1 rings (SSSR count). The van der Waals surface area contributed by atoms with Crippen molar-refractivity contribution in [1.29, 1.82) is 0 Å². The Labute approximate surface area is 145 Å². The van der Waals surface area contributed by atoms with Crippen molar-refractivity contribution in [3.8, 4) is 0 Å². The molecule has 0 aromatic carbocycles. The summed E-state index contributed by atoms with van der Waals surface area (Å²) in [6.07, 6.45) is 13.3. The fraction of sp³-hybridized carbons (Fsp3) is 0.700. The maximum absolute atomic E-state index is 12.0. The number of allylic oxidation sites excluding steroid dienone is 3. The number of aliphatic hydroxyl groups excluding tert-OH is 1. The summed E-state index contributed by atoms with van der Waals surface area (Å²) in [6, 6.07) is 0. The minimum atomic E-state index is -0.742. The molecule has 0 spiro atoms. The number of aliphatic carboxylic acids is 1. The highest BCUT2D eigenvalue weighted by Gasteiger charge is 2.20. The predicted molar refractivity (Wildman–Crippen MR) is 95.9 cm³/mol. The Morgan fingerprint density at radius 1 is 1.12 bits per heavy atom. The van der Waals surface area contributed by atoms with Crippen LogP contribution < -0.4 is 0 Å². The molecule has 4 heteroatoms. The van der Waals surface area contributed by atoms with Crippen molar-refractivity contribution < 1.29 is 19.8 Å². The molecule has 0 aromatic rings. The number of rotatable bonds is 13. The molecule has 0 unspecified atom stereocenters. The zero-order chi connectivity index (χ0) is 17.8. The van der Waals surface area contributed by atoms with Gasteiger partial charge >= 0.3 is 5.97 Å². The number of hydrogen-bond donors (Lipinski definition) is 2. The van der Waals surface area contributed by atoms with Gasteiger partial charge in [0.1, 0.15) is 0 Å². The highest BCUT2D eigenvalue weighted by atomic mass is 16.4. The van der Waals surface area contributed by atoms with E-state index in [1.807, 2.05) is 12.2 Å².